The number of amides is 1. The molecule has 1 aromatic rings. The molecule has 0 aliphatic carbocycles. The van der Waals surface area contributed by atoms with Gasteiger partial charge in [-0.05, 0) is 63.4 Å². The molecule has 1 amide bonds. The first-order chi connectivity index (χ1) is 11.1. The predicted molar refractivity (Wildman–Crippen MR) is 95.4 cm³/mol. The number of carbonyl (C=O) groups excluding carboxylic acids is 1. The number of carbonyl (C=O) groups is 1. The van der Waals surface area contributed by atoms with E-state index in [0.717, 1.165) is 57.4 Å². The molecule has 4 nitrogen and oxygen atoms in total. The summed E-state index contributed by atoms with van der Waals surface area (Å²) >= 11 is 0. The van der Waals surface area contributed by atoms with Gasteiger partial charge in [0.2, 0.25) is 0 Å². The molecule has 1 saturated heterocycles. The standard InChI is InChI=1S/C19H29N3O/c1-16(2)21-12-14-22(15-13-21)19(23)18-9-7-17(8-10-18)6-4-3-5-11-20/h7-11,16,20H,3-6,12-15H2,1-2H3. The molecular formula is C19H29N3O. The van der Waals surface area contributed by atoms with Crippen LogP contribution in [0.15, 0.2) is 24.3 Å². The molecular weight excluding hydrogens is 286 g/mol. The van der Waals surface area contributed by atoms with E-state index < -0.39 is 0 Å². The smallest absolute Gasteiger partial charge is 0.253 e. The van der Waals surface area contributed by atoms with Gasteiger partial charge in [0.15, 0.2) is 0 Å². The highest BCUT2D eigenvalue weighted by molar-refractivity contribution is 5.94. The van der Waals surface area contributed by atoms with Crippen molar-refractivity contribution in [3.05, 3.63) is 35.4 Å². The van der Waals surface area contributed by atoms with Gasteiger partial charge in [0.25, 0.3) is 5.91 Å². The van der Waals surface area contributed by atoms with Crippen LogP contribution in [0.5, 0.6) is 0 Å². The molecule has 0 radical (unpaired) electrons. The number of hydrogen-bond donors (Lipinski definition) is 1. The second-order valence-electron chi connectivity index (χ2n) is 6.57. The summed E-state index contributed by atoms with van der Waals surface area (Å²) in [6.45, 7) is 7.99. The average Bonchev–Trinajstić information content (AvgIpc) is 2.59. The van der Waals surface area contributed by atoms with Gasteiger partial charge in [0.1, 0.15) is 0 Å². The van der Waals surface area contributed by atoms with Crippen LogP contribution in [0.25, 0.3) is 0 Å². The molecule has 0 aromatic heterocycles. The van der Waals surface area contributed by atoms with Gasteiger partial charge in [-0.3, -0.25) is 9.69 Å². The number of hydrogen-bond acceptors (Lipinski definition) is 3. The quantitative estimate of drug-likeness (QED) is 0.620. The third kappa shape index (κ3) is 5.17. The molecule has 0 spiro atoms. The molecule has 0 saturated carbocycles. The Hall–Kier alpha value is -1.68. The van der Waals surface area contributed by atoms with Crippen LogP contribution in [0.3, 0.4) is 0 Å². The summed E-state index contributed by atoms with van der Waals surface area (Å²) in [4.78, 5) is 17.0. The van der Waals surface area contributed by atoms with Crippen molar-refractivity contribution >= 4 is 12.1 Å². The van der Waals surface area contributed by atoms with Gasteiger partial charge < -0.3 is 10.3 Å². The van der Waals surface area contributed by atoms with Crippen molar-refractivity contribution < 1.29 is 4.79 Å². The Morgan fingerprint density at radius 2 is 1.78 bits per heavy atom. The largest absolute Gasteiger partial charge is 0.336 e. The molecule has 1 fully saturated rings. The lowest BCUT2D eigenvalue weighted by molar-refractivity contribution is 0.0595. The summed E-state index contributed by atoms with van der Waals surface area (Å²) in [5.41, 5.74) is 2.07. The van der Waals surface area contributed by atoms with E-state index in [9.17, 15) is 4.79 Å². The van der Waals surface area contributed by atoms with Crippen molar-refractivity contribution in [1.82, 2.24) is 9.80 Å². The van der Waals surface area contributed by atoms with E-state index in [1.807, 2.05) is 17.0 Å². The molecule has 4 heteroatoms. The fraction of sp³-hybridized carbons (Fsp3) is 0.579. The predicted octanol–water partition coefficient (Wildman–Crippen LogP) is 3.22. The molecule has 2 rings (SSSR count). The normalized spacial score (nSPS) is 15.9. The Morgan fingerprint density at radius 3 is 2.35 bits per heavy atom. The SMILES string of the molecule is CC(C)N1CCN(C(=O)c2ccc(CCCCC=N)cc2)CC1. The van der Waals surface area contributed by atoms with E-state index in [1.165, 1.54) is 11.8 Å². The average molecular weight is 315 g/mol. The number of nitrogens with one attached hydrogen (secondary N) is 1. The van der Waals surface area contributed by atoms with Gasteiger partial charge in [-0.15, -0.1) is 0 Å². The van der Waals surface area contributed by atoms with Crippen LogP contribution in [0.1, 0.15) is 49.0 Å². The van der Waals surface area contributed by atoms with E-state index in [4.69, 9.17) is 5.41 Å². The van der Waals surface area contributed by atoms with E-state index in [0.29, 0.717) is 6.04 Å². The molecule has 1 aliphatic heterocycles. The topological polar surface area (TPSA) is 47.4 Å². The fourth-order valence-electron chi connectivity index (χ4n) is 3.01. The molecule has 1 aromatic carbocycles. The first kappa shape index (κ1) is 17.7. The summed E-state index contributed by atoms with van der Waals surface area (Å²) in [5, 5.41) is 7.02. The lowest BCUT2D eigenvalue weighted by Crippen LogP contribution is -2.50. The minimum Gasteiger partial charge on any atom is -0.336 e. The van der Waals surface area contributed by atoms with Crippen LogP contribution in [0.2, 0.25) is 0 Å². The van der Waals surface area contributed by atoms with Crippen LogP contribution in [0, 0.1) is 5.41 Å². The minimum absolute atomic E-state index is 0.156. The lowest BCUT2D eigenvalue weighted by atomic mass is 10.0. The molecule has 1 heterocycles. The number of benzene rings is 1. The Kier molecular flexibility index (Phi) is 6.78. The molecule has 0 unspecified atom stereocenters. The van der Waals surface area contributed by atoms with Crippen molar-refractivity contribution in [1.29, 1.82) is 5.41 Å². The van der Waals surface area contributed by atoms with Gasteiger partial charge in [0.05, 0.1) is 0 Å². The second-order valence-corrected chi connectivity index (χ2v) is 6.57. The fourth-order valence-corrected chi connectivity index (χ4v) is 3.01. The van der Waals surface area contributed by atoms with Crippen LogP contribution in [-0.4, -0.2) is 54.1 Å². The van der Waals surface area contributed by atoms with Crippen molar-refractivity contribution in [2.45, 2.75) is 45.6 Å². The number of aryl methyl sites for hydroxylation is 1. The highest BCUT2D eigenvalue weighted by Gasteiger charge is 2.23. The van der Waals surface area contributed by atoms with Crippen LogP contribution < -0.4 is 0 Å². The molecule has 126 valence electrons. The Morgan fingerprint density at radius 1 is 1.13 bits per heavy atom. The van der Waals surface area contributed by atoms with E-state index in [-0.39, 0.29) is 5.91 Å². The zero-order chi connectivity index (χ0) is 16.7. The van der Waals surface area contributed by atoms with Gasteiger partial charge in [-0.25, -0.2) is 0 Å². The summed E-state index contributed by atoms with van der Waals surface area (Å²) < 4.78 is 0. The first-order valence-corrected chi connectivity index (χ1v) is 8.73. The Labute approximate surface area is 140 Å². The monoisotopic (exact) mass is 315 g/mol. The maximum absolute atomic E-state index is 12.6. The maximum atomic E-state index is 12.6. The van der Waals surface area contributed by atoms with Gasteiger partial charge >= 0.3 is 0 Å². The van der Waals surface area contributed by atoms with Crippen LogP contribution in [-0.2, 0) is 6.42 Å². The number of piperazine rings is 1. The van der Waals surface area contributed by atoms with Gasteiger partial charge in [-0.1, -0.05) is 12.1 Å². The molecule has 1 N–H and O–H groups in total. The van der Waals surface area contributed by atoms with Crippen LogP contribution in [0.4, 0.5) is 0 Å². The third-order valence-electron chi connectivity index (χ3n) is 4.60. The minimum atomic E-state index is 0.156. The molecule has 0 atom stereocenters. The van der Waals surface area contributed by atoms with Crippen molar-refractivity contribution in [2.24, 2.45) is 0 Å². The zero-order valence-corrected chi connectivity index (χ0v) is 14.4. The highest BCUT2D eigenvalue weighted by Crippen LogP contribution is 2.13. The first-order valence-electron chi connectivity index (χ1n) is 8.73. The van der Waals surface area contributed by atoms with Crippen molar-refractivity contribution in [2.75, 3.05) is 26.2 Å². The summed E-state index contributed by atoms with van der Waals surface area (Å²) in [6, 6.07) is 8.62. The molecule has 0 bridgehead atoms. The van der Waals surface area contributed by atoms with Crippen LogP contribution >= 0.6 is 0 Å². The summed E-state index contributed by atoms with van der Waals surface area (Å²) in [7, 11) is 0. The zero-order valence-electron chi connectivity index (χ0n) is 14.4. The van der Waals surface area contributed by atoms with E-state index >= 15 is 0 Å². The summed E-state index contributed by atoms with van der Waals surface area (Å²) in [5.74, 6) is 0.156. The van der Waals surface area contributed by atoms with Crippen molar-refractivity contribution in [3.63, 3.8) is 0 Å². The van der Waals surface area contributed by atoms with E-state index in [1.54, 1.807) is 0 Å². The molecule has 1 aliphatic rings. The number of unbranched alkanes of at least 4 members (excludes halogenated alkanes) is 2. The van der Waals surface area contributed by atoms with Gasteiger partial charge in [-0.2, -0.15) is 0 Å². The maximum Gasteiger partial charge on any atom is 0.253 e. The molecule has 23 heavy (non-hydrogen) atoms. The lowest BCUT2D eigenvalue weighted by Gasteiger charge is -2.37. The Bertz CT molecular complexity index is 502. The number of rotatable bonds is 7. The number of nitrogens with zero attached hydrogens (tertiary/aromatic N) is 2. The van der Waals surface area contributed by atoms with E-state index in [2.05, 4.69) is 30.9 Å². The third-order valence-corrected chi connectivity index (χ3v) is 4.60. The Balaban J connectivity index is 1.84. The highest BCUT2D eigenvalue weighted by atomic mass is 16.2. The summed E-state index contributed by atoms with van der Waals surface area (Å²) in [6.07, 6.45) is 5.51. The van der Waals surface area contributed by atoms with Gasteiger partial charge in [0, 0.05) is 37.8 Å². The van der Waals surface area contributed by atoms with Crippen molar-refractivity contribution in [3.8, 4) is 0 Å². The second kappa shape index (κ2) is 8.82.